The van der Waals surface area contributed by atoms with Gasteiger partial charge in [-0.1, -0.05) is 48.5 Å². The number of rotatable bonds is 7. The molecular formula is C17H32N4. The van der Waals surface area contributed by atoms with Crippen LogP contribution in [0, 0.1) is 22.7 Å². The molecule has 1 aliphatic carbocycles. The Hall–Kier alpha value is -0.900. The van der Waals surface area contributed by atoms with Crippen molar-refractivity contribution in [3.05, 3.63) is 12.2 Å². The fraction of sp³-hybridized carbons (Fsp3) is 0.882. The highest BCUT2D eigenvalue weighted by Gasteiger charge is 2.66. The van der Waals surface area contributed by atoms with E-state index in [0.29, 0.717) is 28.7 Å². The van der Waals surface area contributed by atoms with E-state index in [2.05, 4.69) is 68.5 Å². The van der Waals surface area contributed by atoms with Gasteiger partial charge in [-0.05, 0) is 29.2 Å². The highest BCUT2D eigenvalue weighted by Crippen LogP contribution is 2.69. The summed E-state index contributed by atoms with van der Waals surface area (Å²) in [6, 6.07) is 0.482. The number of nitrogens with one attached hydrogen (secondary N) is 1. The number of aromatic nitrogens is 3. The third kappa shape index (κ3) is 3.01. The van der Waals surface area contributed by atoms with Crippen molar-refractivity contribution in [2.45, 2.75) is 67.5 Å². The van der Waals surface area contributed by atoms with Gasteiger partial charge in [0.05, 0.1) is 0 Å². The van der Waals surface area contributed by atoms with E-state index in [9.17, 15) is 0 Å². The molecular weight excluding hydrogens is 260 g/mol. The summed E-state index contributed by atoms with van der Waals surface area (Å²) < 4.78 is 2.08. The van der Waals surface area contributed by atoms with Crippen LogP contribution in [0.5, 0.6) is 0 Å². The van der Waals surface area contributed by atoms with Gasteiger partial charge in [-0.2, -0.15) is 5.10 Å². The minimum Gasteiger partial charge on any atom is -0.313 e. The second-order valence-corrected chi connectivity index (χ2v) is 8.04. The van der Waals surface area contributed by atoms with Gasteiger partial charge in [-0.15, -0.1) is 0 Å². The van der Waals surface area contributed by atoms with Gasteiger partial charge in [-0.25, -0.2) is 9.67 Å². The molecule has 1 N–H and O–H groups in total. The lowest BCUT2D eigenvalue weighted by Crippen LogP contribution is -2.36. The third-order valence-electron chi connectivity index (χ3n) is 5.64. The van der Waals surface area contributed by atoms with Crippen LogP contribution in [-0.4, -0.2) is 27.4 Å². The summed E-state index contributed by atoms with van der Waals surface area (Å²) in [6.45, 7) is 18.1. The van der Waals surface area contributed by atoms with Crippen LogP contribution >= 0.6 is 0 Å². The van der Waals surface area contributed by atoms with Crippen molar-refractivity contribution < 1.29 is 0 Å². The molecule has 120 valence electrons. The topological polar surface area (TPSA) is 42.7 Å². The van der Waals surface area contributed by atoms with Crippen LogP contribution in [0.4, 0.5) is 0 Å². The van der Waals surface area contributed by atoms with Crippen molar-refractivity contribution in [3.8, 4) is 0 Å². The quantitative estimate of drug-likeness (QED) is 0.839. The molecule has 0 amide bonds. The minimum absolute atomic E-state index is 0.392. The van der Waals surface area contributed by atoms with Gasteiger partial charge < -0.3 is 5.32 Å². The molecule has 0 saturated heterocycles. The molecule has 1 atom stereocenters. The zero-order valence-electron chi connectivity index (χ0n) is 14.8. The molecule has 1 aliphatic rings. The summed E-state index contributed by atoms with van der Waals surface area (Å²) in [6.07, 6.45) is 2.67. The molecule has 1 aromatic heterocycles. The first kappa shape index (κ1) is 16.5. The molecule has 21 heavy (non-hydrogen) atoms. The van der Waals surface area contributed by atoms with E-state index >= 15 is 0 Å². The normalized spacial score (nSPS) is 21.7. The Morgan fingerprint density at radius 1 is 1.24 bits per heavy atom. The maximum absolute atomic E-state index is 4.51. The predicted molar refractivity (Wildman–Crippen MR) is 87.1 cm³/mol. The maximum Gasteiger partial charge on any atom is 0.138 e. The fourth-order valence-electron chi connectivity index (χ4n) is 3.96. The SMILES string of the molecule is CCNC(Cc1ncnn1CC(C)C)C1C(C)(C)C1(C)C. The van der Waals surface area contributed by atoms with E-state index in [4.69, 9.17) is 0 Å². The molecule has 0 spiro atoms. The molecule has 4 nitrogen and oxygen atoms in total. The zero-order valence-corrected chi connectivity index (χ0v) is 14.8. The Labute approximate surface area is 129 Å². The average Bonchev–Trinajstić information content (AvgIpc) is 2.65. The number of likely N-dealkylation sites (N-methyl/N-ethyl adjacent to an activating group) is 1. The van der Waals surface area contributed by atoms with Gasteiger partial charge in [0.25, 0.3) is 0 Å². The zero-order chi connectivity index (χ0) is 15.8. The molecule has 1 heterocycles. The van der Waals surface area contributed by atoms with E-state index in [1.165, 1.54) is 0 Å². The molecule has 0 bridgehead atoms. The molecule has 2 rings (SSSR count). The first-order valence-electron chi connectivity index (χ1n) is 8.31. The van der Waals surface area contributed by atoms with E-state index in [1.54, 1.807) is 6.33 Å². The lowest BCUT2D eigenvalue weighted by Gasteiger charge is -2.20. The van der Waals surface area contributed by atoms with Crippen molar-refractivity contribution in [3.63, 3.8) is 0 Å². The Morgan fingerprint density at radius 3 is 2.33 bits per heavy atom. The number of hydrogen-bond donors (Lipinski definition) is 1. The summed E-state index contributed by atoms with van der Waals surface area (Å²) in [7, 11) is 0. The van der Waals surface area contributed by atoms with Crippen LogP contribution in [0.25, 0.3) is 0 Å². The highest BCUT2D eigenvalue weighted by atomic mass is 15.3. The summed E-state index contributed by atoms with van der Waals surface area (Å²) in [5, 5.41) is 8.09. The van der Waals surface area contributed by atoms with Crippen molar-refractivity contribution in [1.29, 1.82) is 0 Å². The van der Waals surface area contributed by atoms with E-state index in [-0.39, 0.29) is 0 Å². The Bertz CT molecular complexity index is 459. The smallest absolute Gasteiger partial charge is 0.138 e. The van der Waals surface area contributed by atoms with Crippen LogP contribution in [0.3, 0.4) is 0 Å². The molecule has 4 heteroatoms. The monoisotopic (exact) mass is 292 g/mol. The van der Waals surface area contributed by atoms with Gasteiger partial charge in [0.2, 0.25) is 0 Å². The predicted octanol–water partition coefficient (Wildman–Crippen LogP) is 3.14. The summed E-state index contributed by atoms with van der Waals surface area (Å²) in [5.41, 5.74) is 0.783. The maximum atomic E-state index is 4.51. The average molecular weight is 292 g/mol. The first-order valence-corrected chi connectivity index (χ1v) is 8.31. The van der Waals surface area contributed by atoms with Crippen molar-refractivity contribution >= 4 is 0 Å². The van der Waals surface area contributed by atoms with Gasteiger partial charge in [0.1, 0.15) is 12.2 Å². The molecule has 1 fully saturated rings. The van der Waals surface area contributed by atoms with Crippen molar-refractivity contribution in [1.82, 2.24) is 20.1 Å². The second-order valence-electron chi connectivity index (χ2n) is 8.04. The van der Waals surface area contributed by atoms with E-state index in [1.807, 2.05) is 0 Å². The lowest BCUT2D eigenvalue weighted by atomic mass is 10.0. The van der Waals surface area contributed by atoms with Gasteiger partial charge in [-0.3, -0.25) is 0 Å². The molecule has 0 aromatic carbocycles. The fourth-order valence-corrected chi connectivity index (χ4v) is 3.96. The minimum atomic E-state index is 0.392. The Morgan fingerprint density at radius 2 is 1.86 bits per heavy atom. The third-order valence-corrected chi connectivity index (χ3v) is 5.64. The largest absolute Gasteiger partial charge is 0.313 e. The van der Waals surface area contributed by atoms with Crippen molar-refractivity contribution in [2.24, 2.45) is 22.7 Å². The number of hydrogen-bond acceptors (Lipinski definition) is 3. The van der Waals surface area contributed by atoms with Crippen LogP contribution < -0.4 is 5.32 Å². The molecule has 1 saturated carbocycles. The molecule has 1 unspecified atom stereocenters. The van der Waals surface area contributed by atoms with Gasteiger partial charge in [0, 0.05) is 19.0 Å². The summed E-state index contributed by atoms with van der Waals surface area (Å²) >= 11 is 0. The van der Waals surface area contributed by atoms with Crippen LogP contribution in [0.15, 0.2) is 6.33 Å². The highest BCUT2D eigenvalue weighted by molar-refractivity contribution is 5.17. The van der Waals surface area contributed by atoms with E-state index < -0.39 is 0 Å². The Balaban J connectivity index is 2.13. The first-order chi connectivity index (χ1) is 9.71. The van der Waals surface area contributed by atoms with Crippen molar-refractivity contribution in [2.75, 3.05) is 6.54 Å². The van der Waals surface area contributed by atoms with Gasteiger partial charge >= 0.3 is 0 Å². The molecule has 1 aromatic rings. The molecule has 0 radical (unpaired) electrons. The standard InChI is InChI=1S/C17H32N4/c1-8-18-13(15-16(4,5)17(15,6)7)9-14-19-11-20-21(14)10-12(2)3/h11-13,15,18H,8-10H2,1-7H3. The summed E-state index contributed by atoms with van der Waals surface area (Å²) in [5.74, 6) is 2.40. The number of nitrogens with zero attached hydrogens (tertiary/aromatic N) is 3. The summed E-state index contributed by atoms with van der Waals surface area (Å²) in [4.78, 5) is 4.51. The van der Waals surface area contributed by atoms with Crippen LogP contribution in [0.2, 0.25) is 0 Å². The van der Waals surface area contributed by atoms with Crippen LogP contribution in [-0.2, 0) is 13.0 Å². The van der Waals surface area contributed by atoms with Crippen LogP contribution in [0.1, 0.15) is 54.3 Å². The molecule has 0 aliphatic heterocycles. The Kier molecular flexibility index (Phi) is 4.48. The lowest BCUT2D eigenvalue weighted by molar-refractivity contribution is 0.381. The van der Waals surface area contributed by atoms with Gasteiger partial charge in [0.15, 0.2) is 0 Å². The second kappa shape index (κ2) is 5.71. The van der Waals surface area contributed by atoms with E-state index in [0.717, 1.165) is 25.3 Å².